The molecule has 3 aromatic rings. The number of hydrogen-bond donors (Lipinski definition) is 1. The zero-order valence-electron chi connectivity index (χ0n) is 19.4. The van der Waals surface area contributed by atoms with E-state index in [-0.39, 0.29) is 17.7 Å². The molecule has 172 valence electrons. The number of amides is 2. The van der Waals surface area contributed by atoms with E-state index in [0.29, 0.717) is 31.8 Å². The molecule has 0 spiro atoms. The Morgan fingerprint density at radius 2 is 1.97 bits per heavy atom. The molecule has 0 aliphatic carbocycles. The second-order valence-electron chi connectivity index (χ2n) is 8.94. The van der Waals surface area contributed by atoms with E-state index in [1.165, 1.54) is 0 Å². The molecule has 1 atom stereocenters. The summed E-state index contributed by atoms with van der Waals surface area (Å²) >= 11 is 0. The van der Waals surface area contributed by atoms with Crippen molar-refractivity contribution in [3.63, 3.8) is 0 Å². The van der Waals surface area contributed by atoms with Gasteiger partial charge in [-0.15, -0.1) is 0 Å². The van der Waals surface area contributed by atoms with E-state index in [0.717, 1.165) is 58.8 Å². The fourth-order valence-corrected chi connectivity index (χ4v) is 5.01. The third kappa shape index (κ3) is 3.83. The molecule has 4 heterocycles. The van der Waals surface area contributed by atoms with Gasteiger partial charge in [-0.25, -0.2) is 9.97 Å². The predicted molar refractivity (Wildman–Crippen MR) is 125 cm³/mol. The Labute approximate surface area is 193 Å². The number of benzene rings is 1. The van der Waals surface area contributed by atoms with Gasteiger partial charge in [-0.3, -0.25) is 9.59 Å². The van der Waals surface area contributed by atoms with Crippen LogP contribution >= 0.6 is 0 Å². The maximum Gasteiger partial charge on any atom is 0.290 e. The lowest BCUT2D eigenvalue weighted by Gasteiger charge is -2.33. The largest absolute Gasteiger partial charge is 0.451 e. The molecule has 1 aromatic carbocycles. The van der Waals surface area contributed by atoms with Crippen LogP contribution in [-0.2, 0) is 17.8 Å². The summed E-state index contributed by atoms with van der Waals surface area (Å²) in [5, 5.41) is 4.18. The van der Waals surface area contributed by atoms with E-state index in [1.54, 1.807) is 6.92 Å². The van der Waals surface area contributed by atoms with Crippen LogP contribution in [0.1, 0.15) is 58.9 Å². The minimum absolute atomic E-state index is 0.0875. The van der Waals surface area contributed by atoms with Crippen molar-refractivity contribution in [1.29, 1.82) is 0 Å². The van der Waals surface area contributed by atoms with Crippen LogP contribution in [0.4, 0.5) is 5.82 Å². The van der Waals surface area contributed by atoms with E-state index in [1.807, 2.05) is 48.0 Å². The van der Waals surface area contributed by atoms with Crippen molar-refractivity contribution < 1.29 is 14.0 Å². The monoisotopic (exact) mass is 447 g/mol. The SMILES string of the molecule is CNc1nc([C@@H]2CCCN(C(C)=O)C2)nc2c1CCN(C(=O)c1oc3ccccc3c1C)C2. The Morgan fingerprint density at radius 3 is 2.73 bits per heavy atom. The first-order chi connectivity index (χ1) is 16.0. The number of rotatable bonds is 3. The van der Waals surface area contributed by atoms with Crippen LogP contribution in [0.25, 0.3) is 11.0 Å². The molecular formula is C25H29N5O3. The summed E-state index contributed by atoms with van der Waals surface area (Å²) in [4.78, 5) is 38.7. The van der Waals surface area contributed by atoms with E-state index < -0.39 is 0 Å². The van der Waals surface area contributed by atoms with Crippen LogP contribution in [0.2, 0.25) is 0 Å². The molecular weight excluding hydrogens is 418 g/mol. The van der Waals surface area contributed by atoms with Gasteiger partial charge in [0.25, 0.3) is 5.91 Å². The molecule has 2 aromatic heterocycles. The van der Waals surface area contributed by atoms with Crippen molar-refractivity contribution in [1.82, 2.24) is 19.8 Å². The smallest absolute Gasteiger partial charge is 0.290 e. The van der Waals surface area contributed by atoms with Gasteiger partial charge >= 0.3 is 0 Å². The van der Waals surface area contributed by atoms with Gasteiger partial charge in [0.1, 0.15) is 17.2 Å². The number of nitrogens with one attached hydrogen (secondary N) is 1. The van der Waals surface area contributed by atoms with Crippen LogP contribution < -0.4 is 5.32 Å². The van der Waals surface area contributed by atoms with Crippen molar-refractivity contribution >= 4 is 28.6 Å². The Kier molecular flexibility index (Phi) is 5.52. The first-order valence-corrected chi connectivity index (χ1v) is 11.6. The minimum Gasteiger partial charge on any atom is -0.451 e. The maximum absolute atomic E-state index is 13.4. The second-order valence-corrected chi connectivity index (χ2v) is 8.94. The number of aryl methyl sites for hydroxylation is 1. The lowest BCUT2D eigenvalue weighted by Crippen LogP contribution is -2.39. The Hall–Kier alpha value is -3.42. The Balaban J connectivity index is 1.44. The lowest BCUT2D eigenvalue weighted by molar-refractivity contribution is -0.130. The topological polar surface area (TPSA) is 91.6 Å². The summed E-state index contributed by atoms with van der Waals surface area (Å²) in [6.07, 6.45) is 2.57. The molecule has 0 unspecified atom stereocenters. The fourth-order valence-electron chi connectivity index (χ4n) is 5.01. The summed E-state index contributed by atoms with van der Waals surface area (Å²) in [6, 6.07) is 7.72. The highest BCUT2D eigenvalue weighted by Gasteiger charge is 2.31. The average molecular weight is 448 g/mol. The standard InChI is InChI=1S/C25H29N5O3/c1-15-18-8-4-5-9-21(18)33-22(15)25(32)30-12-10-19-20(14-30)27-23(28-24(19)26-3)17-7-6-11-29(13-17)16(2)31/h4-5,8-9,17H,6-7,10-14H2,1-3H3,(H,26,27,28)/t17-/m1/s1. The number of fused-ring (bicyclic) bond motifs is 2. The molecule has 2 amide bonds. The van der Waals surface area contributed by atoms with Gasteiger partial charge < -0.3 is 19.5 Å². The van der Waals surface area contributed by atoms with Crippen LogP contribution in [0.3, 0.4) is 0 Å². The Morgan fingerprint density at radius 1 is 1.15 bits per heavy atom. The number of hydrogen-bond acceptors (Lipinski definition) is 6. The maximum atomic E-state index is 13.4. The van der Waals surface area contributed by atoms with Crippen molar-refractivity contribution in [3.8, 4) is 0 Å². The molecule has 0 saturated carbocycles. The van der Waals surface area contributed by atoms with Gasteiger partial charge in [-0.05, 0) is 32.3 Å². The molecule has 2 aliphatic heterocycles. The van der Waals surface area contributed by atoms with Crippen molar-refractivity contribution in [3.05, 3.63) is 52.7 Å². The first kappa shape index (κ1) is 21.4. The molecule has 0 bridgehead atoms. The minimum atomic E-state index is -0.110. The summed E-state index contributed by atoms with van der Waals surface area (Å²) in [6.45, 7) is 5.96. The number of carbonyl (C=O) groups is 2. The highest BCUT2D eigenvalue weighted by atomic mass is 16.3. The zero-order valence-corrected chi connectivity index (χ0v) is 19.4. The number of nitrogens with zero attached hydrogens (tertiary/aromatic N) is 4. The van der Waals surface area contributed by atoms with Crippen LogP contribution in [0.15, 0.2) is 28.7 Å². The number of anilines is 1. The summed E-state index contributed by atoms with van der Waals surface area (Å²) in [5.74, 6) is 2.04. The third-order valence-corrected chi connectivity index (χ3v) is 6.88. The second kappa shape index (κ2) is 8.50. The summed E-state index contributed by atoms with van der Waals surface area (Å²) in [5.41, 5.74) is 3.53. The normalized spacial score (nSPS) is 18.3. The molecule has 1 saturated heterocycles. The van der Waals surface area contributed by atoms with E-state index >= 15 is 0 Å². The van der Waals surface area contributed by atoms with Crippen LogP contribution in [0.5, 0.6) is 0 Å². The van der Waals surface area contributed by atoms with E-state index in [4.69, 9.17) is 14.4 Å². The molecule has 1 N–H and O–H groups in total. The van der Waals surface area contributed by atoms with Gasteiger partial charge in [-0.2, -0.15) is 0 Å². The van der Waals surface area contributed by atoms with E-state index in [2.05, 4.69) is 5.32 Å². The van der Waals surface area contributed by atoms with Crippen molar-refractivity contribution in [2.45, 2.75) is 45.6 Å². The van der Waals surface area contributed by atoms with Gasteiger partial charge in [0, 0.05) is 56.0 Å². The predicted octanol–water partition coefficient (Wildman–Crippen LogP) is 3.50. The lowest BCUT2D eigenvalue weighted by atomic mass is 9.96. The van der Waals surface area contributed by atoms with Gasteiger partial charge in [-0.1, -0.05) is 18.2 Å². The molecule has 5 rings (SSSR count). The van der Waals surface area contributed by atoms with Crippen LogP contribution in [-0.4, -0.2) is 58.3 Å². The van der Waals surface area contributed by atoms with Crippen molar-refractivity contribution in [2.75, 3.05) is 32.0 Å². The number of likely N-dealkylation sites (tertiary alicyclic amines) is 1. The highest BCUT2D eigenvalue weighted by Crippen LogP contribution is 2.31. The Bertz CT molecular complexity index is 1230. The molecule has 33 heavy (non-hydrogen) atoms. The summed E-state index contributed by atoms with van der Waals surface area (Å²) < 4.78 is 5.93. The number of piperidine rings is 1. The molecule has 2 aliphatic rings. The zero-order chi connectivity index (χ0) is 23.1. The van der Waals surface area contributed by atoms with Gasteiger partial charge in [0.2, 0.25) is 5.91 Å². The van der Waals surface area contributed by atoms with Crippen molar-refractivity contribution in [2.24, 2.45) is 0 Å². The van der Waals surface area contributed by atoms with Gasteiger partial charge in [0.05, 0.1) is 12.2 Å². The number of carbonyl (C=O) groups excluding carboxylic acids is 2. The number of furan rings is 1. The molecule has 1 fully saturated rings. The average Bonchev–Trinajstić information content (AvgIpc) is 3.19. The molecule has 8 nitrogen and oxygen atoms in total. The quantitative estimate of drug-likeness (QED) is 0.661. The van der Waals surface area contributed by atoms with Crippen LogP contribution in [0, 0.1) is 6.92 Å². The third-order valence-electron chi connectivity index (χ3n) is 6.88. The van der Waals surface area contributed by atoms with Gasteiger partial charge in [0.15, 0.2) is 5.76 Å². The number of aromatic nitrogens is 2. The summed E-state index contributed by atoms with van der Waals surface area (Å²) in [7, 11) is 1.87. The molecule has 0 radical (unpaired) electrons. The fraction of sp³-hybridized carbons (Fsp3) is 0.440. The number of para-hydroxylation sites is 1. The highest BCUT2D eigenvalue weighted by molar-refractivity contribution is 5.99. The molecule has 8 heteroatoms. The first-order valence-electron chi connectivity index (χ1n) is 11.6. The van der Waals surface area contributed by atoms with E-state index in [9.17, 15) is 9.59 Å².